The zero-order valence-electron chi connectivity index (χ0n) is 10.8. The summed E-state index contributed by atoms with van der Waals surface area (Å²) in [6, 6.07) is 6.10. The number of rotatable bonds is 4. The van der Waals surface area contributed by atoms with Gasteiger partial charge in [-0.15, -0.1) is 0 Å². The molecular formula is C12H10N4O5. The molecule has 0 bridgehead atoms. The molecule has 0 spiro atoms. The molecule has 0 saturated carbocycles. The number of carbonyl (C=O) groups excluding carboxylic acids is 1. The minimum Gasteiger partial charge on any atom is -0.465 e. The highest BCUT2D eigenvalue weighted by atomic mass is 16.6. The zero-order chi connectivity index (χ0) is 15.4. The van der Waals surface area contributed by atoms with Crippen LogP contribution < -0.4 is 10.5 Å². The zero-order valence-corrected chi connectivity index (χ0v) is 10.8. The molecule has 1 aromatic carbocycles. The summed E-state index contributed by atoms with van der Waals surface area (Å²) in [4.78, 5) is 29.0. The van der Waals surface area contributed by atoms with Crippen LogP contribution >= 0.6 is 0 Å². The second kappa shape index (κ2) is 5.82. The van der Waals surface area contributed by atoms with Gasteiger partial charge in [0.2, 0.25) is 5.82 Å². The molecule has 1 aromatic heterocycles. The molecule has 0 saturated heterocycles. The number of aromatic nitrogens is 2. The van der Waals surface area contributed by atoms with Gasteiger partial charge in [-0.1, -0.05) is 12.1 Å². The summed E-state index contributed by atoms with van der Waals surface area (Å²) in [5, 5.41) is 11.0. The van der Waals surface area contributed by atoms with E-state index in [2.05, 4.69) is 14.7 Å². The number of anilines is 1. The lowest BCUT2D eigenvalue weighted by Gasteiger charge is -2.09. The van der Waals surface area contributed by atoms with Crippen LogP contribution in [-0.2, 0) is 4.74 Å². The maximum Gasteiger partial charge on any atom is 0.372 e. The Morgan fingerprint density at radius 2 is 2.05 bits per heavy atom. The average molecular weight is 290 g/mol. The highest BCUT2D eigenvalue weighted by Crippen LogP contribution is 2.33. The molecule has 2 rings (SSSR count). The summed E-state index contributed by atoms with van der Waals surface area (Å²) in [5.41, 5.74) is 4.97. The molecule has 0 aliphatic rings. The van der Waals surface area contributed by atoms with Crippen molar-refractivity contribution in [3.8, 4) is 11.6 Å². The minimum absolute atomic E-state index is 0.0607. The fourth-order valence-electron chi connectivity index (χ4n) is 1.56. The minimum atomic E-state index is -0.759. The Morgan fingerprint density at radius 1 is 1.33 bits per heavy atom. The van der Waals surface area contributed by atoms with Gasteiger partial charge < -0.3 is 15.2 Å². The van der Waals surface area contributed by atoms with Crippen molar-refractivity contribution in [2.24, 2.45) is 0 Å². The van der Waals surface area contributed by atoms with E-state index >= 15 is 0 Å². The molecule has 0 aliphatic heterocycles. The summed E-state index contributed by atoms with van der Waals surface area (Å²) < 4.78 is 9.94. The average Bonchev–Trinajstić information content (AvgIpc) is 2.46. The van der Waals surface area contributed by atoms with Gasteiger partial charge in [0, 0.05) is 0 Å². The predicted molar refractivity (Wildman–Crippen MR) is 71.0 cm³/mol. The summed E-state index contributed by atoms with van der Waals surface area (Å²) in [6.45, 7) is 0. The highest BCUT2D eigenvalue weighted by molar-refractivity contribution is 5.92. The lowest BCUT2D eigenvalue weighted by molar-refractivity contribution is -0.385. The molecule has 2 N–H and O–H groups in total. The number of benzene rings is 1. The second-order valence-corrected chi connectivity index (χ2v) is 3.76. The van der Waals surface area contributed by atoms with Crippen LogP contribution in [0.3, 0.4) is 0 Å². The Labute approximate surface area is 118 Å². The van der Waals surface area contributed by atoms with E-state index in [1.807, 2.05) is 0 Å². The number of nitro groups is 1. The Hall–Kier alpha value is -3.23. The molecule has 0 fully saturated rings. The van der Waals surface area contributed by atoms with Gasteiger partial charge in [0.15, 0.2) is 0 Å². The van der Waals surface area contributed by atoms with Gasteiger partial charge in [-0.3, -0.25) is 10.1 Å². The summed E-state index contributed by atoms with van der Waals surface area (Å²) in [7, 11) is 1.21. The van der Waals surface area contributed by atoms with Crippen molar-refractivity contribution in [2.75, 3.05) is 12.8 Å². The van der Waals surface area contributed by atoms with Crippen LogP contribution in [0.1, 0.15) is 10.4 Å². The van der Waals surface area contributed by atoms with Crippen LogP contribution in [0.4, 0.5) is 11.5 Å². The fourth-order valence-corrected chi connectivity index (χ4v) is 1.56. The Kier molecular flexibility index (Phi) is 3.93. The number of nitrogen functional groups attached to an aromatic ring is 1. The van der Waals surface area contributed by atoms with Crippen LogP contribution in [0.5, 0.6) is 11.6 Å². The second-order valence-electron chi connectivity index (χ2n) is 3.76. The van der Waals surface area contributed by atoms with Gasteiger partial charge in [0.05, 0.1) is 12.0 Å². The van der Waals surface area contributed by atoms with E-state index in [9.17, 15) is 14.9 Å². The molecule has 0 unspecified atom stereocenters. The van der Waals surface area contributed by atoms with Gasteiger partial charge >= 0.3 is 17.5 Å². The molecule has 9 heteroatoms. The van der Waals surface area contributed by atoms with Crippen molar-refractivity contribution in [2.45, 2.75) is 0 Å². The third kappa shape index (κ3) is 2.86. The standard InChI is InChI=1S/C12H10N4O5/c1-20-12(17)7-4-2-3-5-8(7)21-11-9(16(18)19)10(13)14-6-15-11/h2-6H,1H3,(H2,13,14,15). The van der Waals surface area contributed by atoms with Crippen LogP contribution in [0.2, 0.25) is 0 Å². The van der Waals surface area contributed by atoms with Crippen molar-refractivity contribution in [1.29, 1.82) is 0 Å². The summed E-state index contributed by atoms with van der Waals surface area (Å²) in [6.07, 6.45) is 1.03. The smallest absolute Gasteiger partial charge is 0.372 e. The first kappa shape index (κ1) is 14.2. The monoisotopic (exact) mass is 290 g/mol. The fraction of sp³-hybridized carbons (Fsp3) is 0.0833. The van der Waals surface area contributed by atoms with E-state index in [1.165, 1.54) is 19.2 Å². The highest BCUT2D eigenvalue weighted by Gasteiger charge is 2.24. The van der Waals surface area contributed by atoms with Crippen molar-refractivity contribution < 1.29 is 19.2 Å². The maximum absolute atomic E-state index is 11.6. The summed E-state index contributed by atoms with van der Waals surface area (Å²) in [5.74, 6) is -1.27. The van der Waals surface area contributed by atoms with Crippen LogP contribution in [0.25, 0.3) is 0 Å². The number of methoxy groups -OCH3 is 1. The summed E-state index contributed by atoms with van der Waals surface area (Å²) >= 11 is 0. The topological polar surface area (TPSA) is 130 Å². The molecule has 0 amide bonds. The molecule has 9 nitrogen and oxygen atoms in total. The van der Waals surface area contributed by atoms with E-state index in [0.29, 0.717) is 0 Å². The molecule has 0 radical (unpaired) electrons. The van der Waals surface area contributed by atoms with Crippen LogP contribution in [0, 0.1) is 10.1 Å². The number of para-hydroxylation sites is 1. The lowest BCUT2D eigenvalue weighted by Crippen LogP contribution is -2.06. The molecule has 108 valence electrons. The third-order valence-corrected chi connectivity index (χ3v) is 2.50. The quantitative estimate of drug-likeness (QED) is 0.509. The first-order valence-corrected chi connectivity index (χ1v) is 5.64. The maximum atomic E-state index is 11.6. The van der Waals surface area contributed by atoms with Crippen molar-refractivity contribution in [3.05, 3.63) is 46.3 Å². The van der Waals surface area contributed by atoms with Gasteiger partial charge in [-0.2, -0.15) is 4.98 Å². The van der Waals surface area contributed by atoms with E-state index < -0.39 is 16.6 Å². The van der Waals surface area contributed by atoms with Gasteiger partial charge in [0.25, 0.3) is 0 Å². The number of nitrogens with zero attached hydrogens (tertiary/aromatic N) is 3. The van der Waals surface area contributed by atoms with E-state index in [0.717, 1.165) is 6.33 Å². The lowest BCUT2D eigenvalue weighted by atomic mass is 10.2. The van der Waals surface area contributed by atoms with E-state index in [-0.39, 0.29) is 23.0 Å². The SMILES string of the molecule is COC(=O)c1ccccc1Oc1ncnc(N)c1[N+](=O)[O-]. The van der Waals surface area contributed by atoms with E-state index in [4.69, 9.17) is 10.5 Å². The van der Waals surface area contributed by atoms with E-state index in [1.54, 1.807) is 12.1 Å². The number of hydrogen-bond donors (Lipinski definition) is 1. The molecule has 21 heavy (non-hydrogen) atoms. The molecular weight excluding hydrogens is 280 g/mol. The Bertz CT molecular complexity index is 704. The van der Waals surface area contributed by atoms with Crippen molar-refractivity contribution in [3.63, 3.8) is 0 Å². The molecule has 1 heterocycles. The van der Waals surface area contributed by atoms with Crippen LogP contribution in [0.15, 0.2) is 30.6 Å². The van der Waals surface area contributed by atoms with Gasteiger partial charge in [0.1, 0.15) is 17.6 Å². The molecule has 0 aliphatic carbocycles. The first-order valence-electron chi connectivity index (χ1n) is 5.64. The van der Waals surface area contributed by atoms with Crippen LogP contribution in [-0.4, -0.2) is 28.0 Å². The number of nitrogens with two attached hydrogens (primary N) is 1. The third-order valence-electron chi connectivity index (χ3n) is 2.50. The predicted octanol–water partition coefficient (Wildman–Crippen LogP) is 1.55. The van der Waals surface area contributed by atoms with Crippen molar-refractivity contribution >= 4 is 17.5 Å². The Balaban J connectivity index is 2.47. The molecule has 0 atom stereocenters. The molecule has 2 aromatic rings. The number of esters is 1. The normalized spacial score (nSPS) is 9.95. The van der Waals surface area contributed by atoms with Gasteiger partial charge in [-0.05, 0) is 12.1 Å². The number of carbonyl (C=O) groups is 1. The Morgan fingerprint density at radius 3 is 2.71 bits per heavy atom. The van der Waals surface area contributed by atoms with Gasteiger partial charge in [-0.25, -0.2) is 9.78 Å². The number of hydrogen-bond acceptors (Lipinski definition) is 8. The largest absolute Gasteiger partial charge is 0.465 e. The van der Waals surface area contributed by atoms with Crippen molar-refractivity contribution in [1.82, 2.24) is 9.97 Å². The first-order chi connectivity index (χ1) is 10.0. The number of ether oxygens (including phenoxy) is 2.